The van der Waals surface area contributed by atoms with Crippen molar-refractivity contribution in [3.05, 3.63) is 35.4 Å². The van der Waals surface area contributed by atoms with Gasteiger partial charge in [0.05, 0.1) is 13.2 Å². The Morgan fingerprint density at radius 3 is 2.67 bits per heavy atom. The van der Waals surface area contributed by atoms with E-state index in [1.165, 1.54) is 0 Å². The highest BCUT2D eigenvalue weighted by atomic mass is 16.7. The standard InChI is InChI=1S/C14H17NO3/c1-14(8-12(16)15-9-14)11-5-3-2-4-10(11)13-17-6-7-18-13/h2-5,13H,6-9H2,1H3,(H,15,16). The van der Waals surface area contributed by atoms with Crippen molar-refractivity contribution >= 4 is 5.91 Å². The lowest BCUT2D eigenvalue weighted by molar-refractivity contribution is -0.119. The molecule has 2 aliphatic heterocycles. The molecule has 3 rings (SSSR count). The van der Waals surface area contributed by atoms with Crippen LogP contribution in [-0.4, -0.2) is 25.7 Å². The Labute approximate surface area is 106 Å². The van der Waals surface area contributed by atoms with Gasteiger partial charge in [0.15, 0.2) is 6.29 Å². The molecule has 4 nitrogen and oxygen atoms in total. The largest absolute Gasteiger partial charge is 0.355 e. The van der Waals surface area contributed by atoms with E-state index in [2.05, 4.69) is 18.3 Å². The van der Waals surface area contributed by atoms with Crippen LogP contribution >= 0.6 is 0 Å². The van der Waals surface area contributed by atoms with Crippen molar-refractivity contribution in [3.8, 4) is 0 Å². The molecule has 1 aromatic carbocycles. The Morgan fingerprint density at radius 1 is 1.28 bits per heavy atom. The van der Waals surface area contributed by atoms with E-state index in [4.69, 9.17) is 9.47 Å². The fourth-order valence-electron chi connectivity index (χ4n) is 2.75. The maximum absolute atomic E-state index is 11.5. The maximum Gasteiger partial charge on any atom is 0.220 e. The van der Waals surface area contributed by atoms with Gasteiger partial charge in [-0.25, -0.2) is 0 Å². The summed E-state index contributed by atoms with van der Waals surface area (Å²) in [6.07, 6.45) is 0.241. The third-order valence-electron chi connectivity index (χ3n) is 3.71. The highest BCUT2D eigenvalue weighted by Gasteiger charge is 2.38. The molecule has 1 amide bonds. The lowest BCUT2D eigenvalue weighted by atomic mass is 9.79. The summed E-state index contributed by atoms with van der Waals surface area (Å²) in [5, 5.41) is 2.91. The Balaban J connectivity index is 1.98. The van der Waals surface area contributed by atoms with Crippen molar-refractivity contribution in [1.29, 1.82) is 0 Å². The van der Waals surface area contributed by atoms with E-state index in [0.29, 0.717) is 26.2 Å². The molecule has 1 atom stereocenters. The van der Waals surface area contributed by atoms with Gasteiger partial charge >= 0.3 is 0 Å². The molecule has 4 heteroatoms. The summed E-state index contributed by atoms with van der Waals surface area (Å²) >= 11 is 0. The number of carbonyl (C=O) groups excluding carboxylic acids is 1. The van der Waals surface area contributed by atoms with E-state index in [9.17, 15) is 4.79 Å². The molecule has 1 N–H and O–H groups in total. The van der Waals surface area contributed by atoms with E-state index >= 15 is 0 Å². The molecular weight excluding hydrogens is 230 g/mol. The van der Waals surface area contributed by atoms with Gasteiger partial charge in [0.2, 0.25) is 5.91 Å². The predicted octanol–water partition coefficient (Wildman–Crippen LogP) is 1.51. The fourth-order valence-corrected chi connectivity index (χ4v) is 2.75. The molecule has 1 aromatic rings. The van der Waals surface area contributed by atoms with Gasteiger partial charge < -0.3 is 14.8 Å². The van der Waals surface area contributed by atoms with Crippen molar-refractivity contribution in [2.45, 2.75) is 25.0 Å². The topological polar surface area (TPSA) is 47.6 Å². The zero-order valence-electron chi connectivity index (χ0n) is 10.4. The van der Waals surface area contributed by atoms with E-state index in [0.717, 1.165) is 11.1 Å². The van der Waals surface area contributed by atoms with Crippen LogP contribution in [0.1, 0.15) is 30.8 Å². The van der Waals surface area contributed by atoms with E-state index < -0.39 is 0 Å². The van der Waals surface area contributed by atoms with Gasteiger partial charge in [0, 0.05) is 23.9 Å². The number of ether oxygens (including phenoxy) is 2. The zero-order chi connectivity index (χ0) is 12.6. The molecule has 2 aliphatic rings. The van der Waals surface area contributed by atoms with Crippen molar-refractivity contribution < 1.29 is 14.3 Å². The lowest BCUT2D eigenvalue weighted by Gasteiger charge is -2.26. The van der Waals surface area contributed by atoms with Crippen LogP contribution in [0.3, 0.4) is 0 Å². The highest BCUT2D eigenvalue weighted by molar-refractivity contribution is 5.80. The number of carbonyl (C=O) groups is 1. The van der Waals surface area contributed by atoms with Crippen LogP contribution in [0.15, 0.2) is 24.3 Å². The molecular formula is C14H17NO3. The summed E-state index contributed by atoms with van der Waals surface area (Å²) in [6.45, 7) is 4.05. The van der Waals surface area contributed by atoms with E-state index in [-0.39, 0.29) is 17.6 Å². The number of rotatable bonds is 2. The Bertz CT molecular complexity index is 468. The molecule has 1 unspecified atom stereocenters. The number of benzene rings is 1. The second kappa shape index (κ2) is 4.37. The van der Waals surface area contributed by atoms with Crippen LogP contribution in [-0.2, 0) is 19.7 Å². The molecule has 18 heavy (non-hydrogen) atoms. The molecule has 2 saturated heterocycles. The summed E-state index contributed by atoms with van der Waals surface area (Å²) in [6, 6.07) is 8.08. The molecule has 0 radical (unpaired) electrons. The van der Waals surface area contributed by atoms with Crippen molar-refractivity contribution in [2.75, 3.05) is 19.8 Å². The minimum Gasteiger partial charge on any atom is -0.355 e. The SMILES string of the molecule is CC1(c2ccccc2C2OCCO2)CNC(=O)C1. The van der Waals surface area contributed by atoms with Gasteiger partial charge in [-0.05, 0) is 5.56 Å². The predicted molar refractivity (Wildman–Crippen MR) is 66.1 cm³/mol. The normalized spacial score (nSPS) is 28.6. The summed E-state index contributed by atoms with van der Waals surface area (Å²) < 4.78 is 11.2. The first-order valence-electron chi connectivity index (χ1n) is 6.28. The fraction of sp³-hybridized carbons (Fsp3) is 0.500. The zero-order valence-corrected chi connectivity index (χ0v) is 10.4. The molecule has 2 fully saturated rings. The average Bonchev–Trinajstić information content (AvgIpc) is 3.00. The van der Waals surface area contributed by atoms with Gasteiger partial charge in [0.1, 0.15) is 0 Å². The van der Waals surface area contributed by atoms with Crippen molar-refractivity contribution in [2.24, 2.45) is 0 Å². The molecule has 0 aromatic heterocycles. The maximum atomic E-state index is 11.5. The number of amides is 1. The molecule has 0 saturated carbocycles. The van der Waals surface area contributed by atoms with Crippen LogP contribution in [0.25, 0.3) is 0 Å². The summed E-state index contributed by atoms with van der Waals surface area (Å²) in [4.78, 5) is 11.5. The molecule has 0 aliphatic carbocycles. The monoisotopic (exact) mass is 247 g/mol. The van der Waals surface area contributed by atoms with Crippen molar-refractivity contribution in [3.63, 3.8) is 0 Å². The van der Waals surface area contributed by atoms with Crippen LogP contribution in [0.5, 0.6) is 0 Å². The molecule has 0 spiro atoms. The van der Waals surface area contributed by atoms with E-state index in [1.54, 1.807) is 0 Å². The van der Waals surface area contributed by atoms with E-state index in [1.807, 2.05) is 18.2 Å². The average molecular weight is 247 g/mol. The minimum atomic E-state index is -0.284. The minimum absolute atomic E-state index is 0.112. The number of nitrogens with one attached hydrogen (secondary N) is 1. The first-order valence-corrected chi connectivity index (χ1v) is 6.28. The van der Waals surface area contributed by atoms with Gasteiger partial charge in [-0.15, -0.1) is 0 Å². The van der Waals surface area contributed by atoms with Gasteiger partial charge in [0.25, 0.3) is 0 Å². The third kappa shape index (κ3) is 1.91. The van der Waals surface area contributed by atoms with Gasteiger partial charge in [-0.1, -0.05) is 31.2 Å². The lowest BCUT2D eigenvalue weighted by Crippen LogP contribution is -2.27. The van der Waals surface area contributed by atoms with Gasteiger partial charge in [-0.2, -0.15) is 0 Å². The first kappa shape index (κ1) is 11.7. The Hall–Kier alpha value is -1.39. The molecule has 96 valence electrons. The number of hydrogen-bond acceptors (Lipinski definition) is 3. The highest BCUT2D eigenvalue weighted by Crippen LogP contribution is 2.37. The second-order valence-electron chi connectivity index (χ2n) is 5.17. The Morgan fingerprint density at radius 2 is 2.00 bits per heavy atom. The summed E-state index contributed by atoms with van der Waals surface area (Å²) in [7, 11) is 0. The third-order valence-corrected chi connectivity index (χ3v) is 3.71. The molecule has 0 bridgehead atoms. The van der Waals surface area contributed by atoms with Crippen LogP contribution in [0, 0.1) is 0 Å². The summed E-state index contributed by atoms with van der Waals surface area (Å²) in [5.74, 6) is 0.112. The van der Waals surface area contributed by atoms with Crippen molar-refractivity contribution in [1.82, 2.24) is 5.32 Å². The molecule has 2 heterocycles. The number of hydrogen-bond donors (Lipinski definition) is 1. The quantitative estimate of drug-likeness (QED) is 0.861. The van der Waals surface area contributed by atoms with Gasteiger partial charge in [-0.3, -0.25) is 4.79 Å². The first-order chi connectivity index (χ1) is 8.69. The summed E-state index contributed by atoms with van der Waals surface area (Å²) in [5.41, 5.74) is 2.03. The van der Waals surface area contributed by atoms with Crippen LogP contribution in [0.4, 0.5) is 0 Å². The second-order valence-corrected chi connectivity index (χ2v) is 5.17. The Kier molecular flexibility index (Phi) is 2.84. The van der Waals surface area contributed by atoms with Crippen LogP contribution < -0.4 is 5.32 Å². The van der Waals surface area contributed by atoms with Crippen LogP contribution in [0.2, 0.25) is 0 Å². The smallest absolute Gasteiger partial charge is 0.220 e.